The predicted molar refractivity (Wildman–Crippen MR) is 115 cm³/mol. The molecule has 0 N–H and O–H groups in total. The molecule has 0 saturated carbocycles. The predicted octanol–water partition coefficient (Wildman–Crippen LogP) is 5.38. The highest BCUT2D eigenvalue weighted by Gasteiger charge is 2.55. The summed E-state index contributed by atoms with van der Waals surface area (Å²) < 4.78 is 0. The number of hydrogen-bond acceptors (Lipinski definition) is 3. The van der Waals surface area contributed by atoms with E-state index >= 15 is 0 Å². The molecule has 0 aliphatic carbocycles. The molecular formula is C24H24N3P. The van der Waals surface area contributed by atoms with Crippen molar-refractivity contribution < 1.29 is 0 Å². The summed E-state index contributed by atoms with van der Waals surface area (Å²) in [5.41, 5.74) is 4.25. The fraction of sp³-hybridized carbons (Fsp3) is 0.250. The average molecular weight is 385 g/mol. The minimum atomic E-state index is 0.0152. The maximum absolute atomic E-state index is 2.75. The normalized spacial score (nSPS) is 35.8. The van der Waals surface area contributed by atoms with Crippen molar-refractivity contribution in [2.24, 2.45) is 0 Å². The van der Waals surface area contributed by atoms with E-state index in [9.17, 15) is 0 Å². The van der Waals surface area contributed by atoms with Crippen LogP contribution in [0.15, 0.2) is 91.0 Å². The quantitative estimate of drug-likeness (QED) is 0.560. The summed E-state index contributed by atoms with van der Waals surface area (Å²) in [6.07, 6.45) is 4.74. The topological polar surface area (TPSA) is 9.72 Å². The van der Waals surface area contributed by atoms with Crippen LogP contribution in [0.2, 0.25) is 0 Å². The largest absolute Gasteiger partial charge is 0.260 e. The Labute approximate surface area is 167 Å². The van der Waals surface area contributed by atoms with E-state index in [-0.39, 0.29) is 7.92 Å². The Bertz CT molecular complexity index is 810. The molecule has 4 heteroatoms. The maximum Gasteiger partial charge on any atom is 0.0922 e. The van der Waals surface area contributed by atoms with E-state index in [0.29, 0.717) is 18.5 Å². The minimum absolute atomic E-state index is 0.0152. The number of nitrogens with zero attached hydrogens (tertiary/aromatic N) is 3. The first-order valence-corrected chi connectivity index (χ1v) is 11.9. The SMILES string of the molecule is c1ccc(C2N3CP4CN2C(c2ccccc2)N(C4)C3c2ccccc2)cc1. The number of benzene rings is 3. The fourth-order valence-electron chi connectivity index (χ4n) is 5.29. The van der Waals surface area contributed by atoms with Crippen molar-refractivity contribution in [2.45, 2.75) is 18.5 Å². The van der Waals surface area contributed by atoms with Crippen molar-refractivity contribution in [3.05, 3.63) is 108 Å². The lowest BCUT2D eigenvalue weighted by molar-refractivity contribution is -0.182. The van der Waals surface area contributed by atoms with Gasteiger partial charge in [-0.1, -0.05) is 98.9 Å². The molecule has 4 bridgehead atoms. The highest BCUT2D eigenvalue weighted by atomic mass is 31.1. The van der Waals surface area contributed by atoms with E-state index < -0.39 is 0 Å². The van der Waals surface area contributed by atoms with Gasteiger partial charge in [0.15, 0.2) is 0 Å². The van der Waals surface area contributed by atoms with Crippen molar-refractivity contribution in [2.75, 3.05) is 18.9 Å². The van der Waals surface area contributed by atoms with Crippen LogP contribution in [0.4, 0.5) is 0 Å². The summed E-state index contributed by atoms with van der Waals surface area (Å²) in [5.74, 6) is 0. The van der Waals surface area contributed by atoms with Gasteiger partial charge in [0.1, 0.15) is 0 Å². The molecule has 0 aromatic heterocycles. The Hall–Kier alpha value is -2.03. The Kier molecular flexibility index (Phi) is 4.09. The highest BCUT2D eigenvalue weighted by molar-refractivity contribution is 7.57. The number of rotatable bonds is 3. The van der Waals surface area contributed by atoms with Crippen molar-refractivity contribution in [3.8, 4) is 0 Å². The highest BCUT2D eigenvalue weighted by Crippen LogP contribution is 2.63. The molecule has 0 atom stereocenters. The molecule has 4 saturated heterocycles. The molecule has 7 rings (SSSR count). The smallest absolute Gasteiger partial charge is 0.0922 e. The second-order valence-corrected chi connectivity index (χ2v) is 10.2. The summed E-state index contributed by atoms with van der Waals surface area (Å²) in [6, 6.07) is 33.3. The lowest BCUT2D eigenvalue weighted by Crippen LogP contribution is -2.66. The van der Waals surface area contributed by atoms with Gasteiger partial charge in [-0.05, 0) is 16.7 Å². The van der Waals surface area contributed by atoms with Crippen LogP contribution in [0.1, 0.15) is 35.2 Å². The van der Waals surface area contributed by atoms with Gasteiger partial charge in [-0.3, -0.25) is 14.7 Å². The van der Waals surface area contributed by atoms with E-state index in [0.717, 1.165) is 0 Å². The molecule has 0 radical (unpaired) electrons. The second kappa shape index (κ2) is 6.79. The third-order valence-electron chi connectivity index (χ3n) is 6.27. The molecule has 4 heterocycles. The van der Waals surface area contributed by atoms with Crippen LogP contribution in [0.25, 0.3) is 0 Å². The van der Waals surface area contributed by atoms with Crippen LogP contribution in [0.3, 0.4) is 0 Å². The van der Waals surface area contributed by atoms with Gasteiger partial charge in [0.2, 0.25) is 0 Å². The Balaban J connectivity index is 1.52. The third-order valence-corrected chi connectivity index (χ3v) is 8.45. The Morgan fingerprint density at radius 1 is 0.464 bits per heavy atom. The molecule has 0 spiro atoms. The zero-order valence-electron chi connectivity index (χ0n) is 15.8. The Morgan fingerprint density at radius 2 is 0.750 bits per heavy atom. The van der Waals surface area contributed by atoms with Crippen molar-refractivity contribution in [3.63, 3.8) is 0 Å². The van der Waals surface area contributed by atoms with Crippen LogP contribution in [-0.4, -0.2) is 33.6 Å². The molecule has 28 heavy (non-hydrogen) atoms. The van der Waals surface area contributed by atoms with E-state index in [1.807, 2.05) is 0 Å². The molecule has 4 aliphatic heterocycles. The van der Waals surface area contributed by atoms with Gasteiger partial charge in [-0.2, -0.15) is 0 Å². The van der Waals surface area contributed by atoms with E-state index in [1.165, 1.54) is 35.5 Å². The average Bonchev–Trinajstić information content (AvgIpc) is 2.76. The van der Waals surface area contributed by atoms with Gasteiger partial charge in [0.05, 0.1) is 18.5 Å². The van der Waals surface area contributed by atoms with Gasteiger partial charge in [0, 0.05) is 18.9 Å². The molecule has 0 unspecified atom stereocenters. The first kappa shape index (κ1) is 16.9. The molecule has 4 aliphatic rings. The van der Waals surface area contributed by atoms with Crippen molar-refractivity contribution >= 4 is 7.92 Å². The second-order valence-electron chi connectivity index (χ2n) is 7.99. The summed E-state index contributed by atoms with van der Waals surface area (Å²) >= 11 is 0. The van der Waals surface area contributed by atoms with Gasteiger partial charge >= 0.3 is 0 Å². The molecule has 4 fully saturated rings. The van der Waals surface area contributed by atoms with E-state index in [1.54, 1.807) is 0 Å². The van der Waals surface area contributed by atoms with Crippen molar-refractivity contribution in [1.29, 1.82) is 0 Å². The standard InChI is InChI=1S/C24H24N3P/c1-4-10-19(11-5-1)22-25-16-28-17-26(22)24(21-14-8-3-9-15-21)27(18-28)23(25)20-12-6-2-7-13-20/h1-15,22-24H,16-18H2. The van der Waals surface area contributed by atoms with Gasteiger partial charge in [0.25, 0.3) is 0 Å². The molecule has 140 valence electrons. The van der Waals surface area contributed by atoms with Crippen LogP contribution < -0.4 is 0 Å². The maximum atomic E-state index is 2.75. The zero-order chi connectivity index (χ0) is 18.5. The minimum Gasteiger partial charge on any atom is -0.260 e. The van der Waals surface area contributed by atoms with Crippen LogP contribution in [0, 0.1) is 0 Å². The summed E-state index contributed by atoms with van der Waals surface area (Å²) in [6.45, 7) is 0. The fourth-order valence-corrected chi connectivity index (χ4v) is 7.87. The molecule has 3 aromatic carbocycles. The summed E-state index contributed by atoms with van der Waals surface area (Å²) in [4.78, 5) is 8.26. The Morgan fingerprint density at radius 3 is 1.04 bits per heavy atom. The molecule has 3 nitrogen and oxygen atoms in total. The monoisotopic (exact) mass is 385 g/mol. The van der Waals surface area contributed by atoms with Gasteiger partial charge < -0.3 is 0 Å². The van der Waals surface area contributed by atoms with E-state index in [4.69, 9.17) is 0 Å². The van der Waals surface area contributed by atoms with E-state index in [2.05, 4.69) is 106 Å². The van der Waals surface area contributed by atoms with Crippen LogP contribution in [-0.2, 0) is 0 Å². The molecule has 3 aromatic rings. The van der Waals surface area contributed by atoms with Gasteiger partial charge in [-0.15, -0.1) is 0 Å². The third kappa shape index (κ3) is 2.58. The summed E-state index contributed by atoms with van der Waals surface area (Å²) in [7, 11) is 0.0152. The number of hydrogen-bond donors (Lipinski definition) is 0. The van der Waals surface area contributed by atoms with Gasteiger partial charge in [-0.25, -0.2) is 0 Å². The zero-order valence-corrected chi connectivity index (χ0v) is 16.7. The molecule has 0 amide bonds. The van der Waals surface area contributed by atoms with Crippen molar-refractivity contribution in [1.82, 2.24) is 14.7 Å². The first-order chi connectivity index (χ1) is 13.9. The lowest BCUT2D eigenvalue weighted by Gasteiger charge is -2.67. The summed E-state index contributed by atoms with van der Waals surface area (Å²) in [5, 5.41) is 0. The van der Waals surface area contributed by atoms with Crippen LogP contribution in [0.5, 0.6) is 0 Å². The first-order valence-electron chi connectivity index (χ1n) is 10.0. The lowest BCUT2D eigenvalue weighted by atomic mass is 9.99. The molecular weight excluding hydrogens is 361 g/mol. The van der Waals surface area contributed by atoms with Crippen LogP contribution >= 0.6 is 7.92 Å².